The number of halogens is 1. The molecule has 0 radical (unpaired) electrons. The fourth-order valence-electron chi connectivity index (χ4n) is 1.98. The fraction of sp³-hybridized carbons (Fsp3) is 0.133. The molecule has 0 heterocycles. The van der Waals surface area contributed by atoms with Gasteiger partial charge in [-0.1, -0.05) is 46.3 Å². The molecule has 0 unspecified atom stereocenters. The first kappa shape index (κ1) is 13.6. The Morgan fingerprint density at radius 3 is 2.79 bits per heavy atom. The first-order valence-corrected chi connectivity index (χ1v) is 6.83. The van der Waals surface area contributed by atoms with Crippen LogP contribution in [0.3, 0.4) is 0 Å². The molecule has 0 aliphatic heterocycles. The molecule has 0 amide bonds. The monoisotopic (exact) mass is 320 g/mol. The van der Waals surface area contributed by atoms with Gasteiger partial charge in [0.25, 0.3) is 0 Å². The minimum atomic E-state index is -1.00. The van der Waals surface area contributed by atoms with E-state index >= 15 is 0 Å². The van der Waals surface area contributed by atoms with E-state index < -0.39 is 5.97 Å². The van der Waals surface area contributed by atoms with E-state index in [1.165, 1.54) is 13.4 Å². The molecule has 0 saturated heterocycles. The van der Waals surface area contributed by atoms with E-state index in [1.54, 1.807) is 6.07 Å². The van der Waals surface area contributed by atoms with E-state index in [4.69, 9.17) is 4.74 Å². The van der Waals surface area contributed by atoms with Crippen molar-refractivity contribution in [1.82, 2.24) is 0 Å². The highest BCUT2D eigenvalue weighted by Gasteiger charge is 2.14. The number of hydrogen-bond acceptors (Lipinski definition) is 2. The molecule has 0 bridgehead atoms. The number of hydrogen-bond donors (Lipinski definition) is 1. The van der Waals surface area contributed by atoms with E-state index in [0.717, 1.165) is 21.7 Å². The third kappa shape index (κ3) is 2.79. The fourth-order valence-corrected chi connectivity index (χ4v) is 2.33. The Hall–Kier alpha value is -1.81. The van der Waals surface area contributed by atoms with Gasteiger partial charge < -0.3 is 9.84 Å². The number of rotatable bonds is 4. The summed E-state index contributed by atoms with van der Waals surface area (Å²) >= 11 is 3.41. The summed E-state index contributed by atoms with van der Waals surface area (Å²) in [5, 5.41) is 11.9. The van der Waals surface area contributed by atoms with Crippen LogP contribution in [0, 0.1) is 0 Å². The topological polar surface area (TPSA) is 46.5 Å². The molecule has 98 valence electrons. The first-order valence-electron chi connectivity index (χ1n) is 5.71. The Balaban J connectivity index is 2.71. The summed E-state index contributed by atoms with van der Waals surface area (Å²) in [6, 6.07) is 11.6. The van der Waals surface area contributed by atoms with Crippen LogP contribution >= 0.6 is 15.9 Å². The molecule has 1 N–H and O–H groups in total. The SMILES string of the molecule is CO/C=C(/C(=O)O)c1cccc2ccc(CBr)cc12. The van der Waals surface area contributed by atoms with Crippen LogP contribution < -0.4 is 0 Å². The van der Waals surface area contributed by atoms with Crippen molar-refractivity contribution in [1.29, 1.82) is 0 Å². The molecule has 0 saturated carbocycles. The van der Waals surface area contributed by atoms with Crippen molar-refractivity contribution in [3.05, 3.63) is 53.8 Å². The van der Waals surface area contributed by atoms with Crippen molar-refractivity contribution in [2.24, 2.45) is 0 Å². The van der Waals surface area contributed by atoms with Gasteiger partial charge in [-0.3, -0.25) is 0 Å². The Kier molecular flexibility index (Phi) is 4.22. The van der Waals surface area contributed by atoms with Gasteiger partial charge in [0.05, 0.1) is 13.4 Å². The van der Waals surface area contributed by atoms with Gasteiger partial charge in [-0.15, -0.1) is 0 Å². The summed E-state index contributed by atoms with van der Waals surface area (Å²) in [6.45, 7) is 0. The quantitative estimate of drug-likeness (QED) is 0.529. The van der Waals surface area contributed by atoms with E-state index in [1.807, 2.05) is 30.3 Å². The molecular formula is C15H13BrO3. The maximum Gasteiger partial charge on any atom is 0.339 e. The lowest BCUT2D eigenvalue weighted by atomic mass is 9.97. The molecule has 2 rings (SSSR count). The molecule has 0 aliphatic rings. The maximum atomic E-state index is 11.3. The van der Waals surface area contributed by atoms with Crippen LogP contribution in [-0.2, 0) is 14.9 Å². The molecule has 3 nitrogen and oxygen atoms in total. The van der Waals surface area contributed by atoms with E-state index in [9.17, 15) is 9.90 Å². The zero-order chi connectivity index (χ0) is 13.8. The highest BCUT2D eigenvalue weighted by molar-refractivity contribution is 9.08. The average molecular weight is 321 g/mol. The highest BCUT2D eigenvalue weighted by atomic mass is 79.9. The minimum Gasteiger partial charge on any atom is -0.503 e. The van der Waals surface area contributed by atoms with Crippen LogP contribution in [0.15, 0.2) is 42.7 Å². The minimum absolute atomic E-state index is 0.153. The smallest absolute Gasteiger partial charge is 0.339 e. The zero-order valence-corrected chi connectivity index (χ0v) is 12.0. The second-order valence-corrected chi connectivity index (χ2v) is 4.63. The van der Waals surface area contributed by atoms with Gasteiger partial charge in [0, 0.05) is 5.33 Å². The Morgan fingerprint density at radius 1 is 1.37 bits per heavy atom. The standard InChI is InChI=1S/C15H13BrO3/c1-19-9-14(15(17)18)12-4-2-3-11-6-5-10(8-16)7-13(11)12/h2-7,9H,8H2,1H3,(H,17,18)/b14-9+. The molecule has 0 atom stereocenters. The first-order chi connectivity index (χ1) is 9.17. The number of carboxylic acids is 1. The highest BCUT2D eigenvalue weighted by Crippen LogP contribution is 2.27. The van der Waals surface area contributed by atoms with Crippen molar-refractivity contribution in [2.75, 3.05) is 7.11 Å². The Labute approximate surface area is 119 Å². The number of methoxy groups -OCH3 is 1. The summed E-state index contributed by atoms with van der Waals surface area (Å²) in [7, 11) is 1.44. The number of carbonyl (C=O) groups is 1. The molecule has 2 aromatic carbocycles. The number of benzene rings is 2. The summed E-state index contributed by atoms with van der Waals surface area (Å²) in [4.78, 5) is 11.3. The van der Waals surface area contributed by atoms with Gasteiger partial charge >= 0.3 is 5.97 Å². The predicted octanol–water partition coefficient (Wildman–Crippen LogP) is 3.81. The predicted molar refractivity (Wildman–Crippen MR) is 79.2 cm³/mol. The molecule has 0 aromatic heterocycles. The third-order valence-electron chi connectivity index (χ3n) is 2.86. The van der Waals surface area contributed by atoms with E-state index in [-0.39, 0.29) is 5.57 Å². The van der Waals surface area contributed by atoms with Crippen LogP contribution in [-0.4, -0.2) is 18.2 Å². The summed E-state index contributed by atoms with van der Waals surface area (Å²) in [5.41, 5.74) is 1.91. The van der Waals surface area contributed by atoms with Crippen LogP contribution in [0.2, 0.25) is 0 Å². The van der Waals surface area contributed by atoms with E-state index in [2.05, 4.69) is 15.9 Å². The Bertz CT molecular complexity index is 647. The second-order valence-electron chi connectivity index (χ2n) is 4.07. The number of carboxylic acid groups (broad SMARTS) is 1. The normalized spacial score (nSPS) is 11.6. The molecule has 2 aromatic rings. The van der Waals surface area contributed by atoms with Gasteiger partial charge in [-0.2, -0.15) is 0 Å². The summed E-state index contributed by atoms with van der Waals surface area (Å²) in [5.74, 6) is -1.00. The summed E-state index contributed by atoms with van der Waals surface area (Å²) < 4.78 is 4.87. The van der Waals surface area contributed by atoms with Crippen molar-refractivity contribution in [3.63, 3.8) is 0 Å². The second kappa shape index (κ2) is 5.89. The van der Waals surface area contributed by atoms with Gasteiger partial charge in [0.2, 0.25) is 0 Å². The van der Waals surface area contributed by atoms with Crippen LogP contribution in [0.5, 0.6) is 0 Å². The van der Waals surface area contributed by atoms with Gasteiger partial charge in [0.15, 0.2) is 0 Å². The molecule has 0 fully saturated rings. The number of alkyl halides is 1. The van der Waals surface area contributed by atoms with Crippen molar-refractivity contribution in [2.45, 2.75) is 5.33 Å². The summed E-state index contributed by atoms with van der Waals surface area (Å²) in [6.07, 6.45) is 1.26. The lowest BCUT2D eigenvalue weighted by Crippen LogP contribution is -2.01. The van der Waals surface area contributed by atoms with Crippen LogP contribution in [0.25, 0.3) is 16.3 Å². The maximum absolute atomic E-state index is 11.3. The van der Waals surface area contributed by atoms with Gasteiger partial charge in [-0.05, 0) is 28.0 Å². The van der Waals surface area contributed by atoms with Gasteiger partial charge in [-0.25, -0.2) is 4.79 Å². The molecule has 0 spiro atoms. The van der Waals surface area contributed by atoms with Gasteiger partial charge in [0.1, 0.15) is 5.57 Å². The van der Waals surface area contributed by atoms with Crippen LogP contribution in [0.4, 0.5) is 0 Å². The Morgan fingerprint density at radius 2 is 2.16 bits per heavy atom. The van der Waals surface area contributed by atoms with Crippen molar-refractivity contribution >= 4 is 38.2 Å². The lowest BCUT2D eigenvalue weighted by molar-refractivity contribution is -0.130. The number of fused-ring (bicyclic) bond motifs is 1. The molecular weight excluding hydrogens is 308 g/mol. The number of aliphatic carboxylic acids is 1. The molecule has 19 heavy (non-hydrogen) atoms. The molecule has 0 aliphatic carbocycles. The number of ether oxygens (including phenoxy) is 1. The largest absolute Gasteiger partial charge is 0.503 e. The third-order valence-corrected chi connectivity index (χ3v) is 3.50. The van der Waals surface area contributed by atoms with Crippen LogP contribution in [0.1, 0.15) is 11.1 Å². The van der Waals surface area contributed by atoms with Crippen molar-refractivity contribution in [3.8, 4) is 0 Å². The van der Waals surface area contributed by atoms with E-state index in [0.29, 0.717) is 5.56 Å². The molecule has 4 heteroatoms. The zero-order valence-electron chi connectivity index (χ0n) is 10.4. The average Bonchev–Trinajstić information content (AvgIpc) is 2.43. The lowest BCUT2D eigenvalue weighted by Gasteiger charge is -2.08. The van der Waals surface area contributed by atoms with Crippen molar-refractivity contribution < 1.29 is 14.6 Å².